The first-order chi connectivity index (χ1) is 3.80. The molecular formula is C5H10N2OSn. The van der Waals surface area contributed by atoms with Crippen LogP contribution in [-0.2, 0) is 4.79 Å². The van der Waals surface area contributed by atoms with Crippen LogP contribution < -0.4 is 11.1 Å². The molecule has 1 atom stereocenters. The van der Waals surface area contributed by atoms with E-state index in [1.807, 2.05) is 0 Å². The molecule has 4 radical (unpaired) electrons. The molecule has 50 valence electrons. The van der Waals surface area contributed by atoms with Crippen LogP contribution in [0.2, 0.25) is 0 Å². The minimum atomic E-state index is -0.171. The second-order valence-electron chi connectivity index (χ2n) is 2.09. The van der Waals surface area contributed by atoms with Gasteiger partial charge in [-0.2, -0.15) is 0 Å². The van der Waals surface area contributed by atoms with Gasteiger partial charge in [-0.15, -0.1) is 0 Å². The fourth-order valence-corrected chi connectivity index (χ4v) is 0.897. The van der Waals surface area contributed by atoms with Gasteiger partial charge in [-0.1, -0.05) is 0 Å². The molecule has 1 aliphatic rings. The van der Waals surface area contributed by atoms with E-state index < -0.39 is 0 Å². The standard InChI is InChI=1S/C5H10N2O.Sn/c6-5(8)4-1-2-7-3-4;/h4,7H,1-3H2,(H2,6,8);. The second kappa shape index (κ2) is 4.11. The van der Waals surface area contributed by atoms with E-state index >= 15 is 0 Å². The Morgan fingerprint density at radius 2 is 2.33 bits per heavy atom. The number of hydrogen-bond donors (Lipinski definition) is 2. The van der Waals surface area contributed by atoms with Crippen LogP contribution in [0.4, 0.5) is 0 Å². The summed E-state index contributed by atoms with van der Waals surface area (Å²) < 4.78 is 0. The van der Waals surface area contributed by atoms with Crippen LogP contribution in [0.25, 0.3) is 0 Å². The predicted octanol–water partition coefficient (Wildman–Crippen LogP) is -1.30. The van der Waals surface area contributed by atoms with Gasteiger partial charge in [-0.25, -0.2) is 0 Å². The van der Waals surface area contributed by atoms with Crippen LogP contribution >= 0.6 is 0 Å². The molecule has 1 unspecified atom stereocenters. The summed E-state index contributed by atoms with van der Waals surface area (Å²) in [6, 6.07) is 0. The molecule has 1 amide bonds. The predicted molar refractivity (Wildman–Crippen MR) is 35.9 cm³/mol. The summed E-state index contributed by atoms with van der Waals surface area (Å²) in [4.78, 5) is 10.4. The summed E-state index contributed by atoms with van der Waals surface area (Å²) in [6.07, 6.45) is 0.912. The molecule has 9 heavy (non-hydrogen) atoms. The van der Waals surface area contributed by atoms with Gasteiger partial charge in [0.15, 0.2) is 0 Å². The third-order valence-corrected chi connectivity index (χ3v) is 1.46. The van der Waals surface area contributed by atoms with E-state index in [9.17, 15) is 4.79 Å². The maximum absolute atomic E-state index is 10.4. The van der Waals surface area contributed by atoms with Gasteiger partial charge in [0.25, 0.3) is 0 Å². The van der Waals surface area contributed by atoms with Gasteiger partial charge in [-0.05, 0) is 13.0 Å². The van der Waals surface area contributed by atoms with Gasteiger partial charge in [0, 0.05) is 30.5 Å². The molecule has 4 heteroatoms. The van der Waals surface area contributed by atoms with E-state index in [1.54, 1.807) is 0 Å². The largest absolute Gasteiger partial charge is 0.369 e. The van der Waals surface area contributed by atoms with E-state index in [0.29, 0.717) is 0 Å². The average molecular weight is 233 g/mol. The normalized spacial score (nSPS) is 25.1. The molecule has 1 aliphatic heterocycles. The van der Waals surface area contributed by atoms with E-state index in [4.69, 9.17) is 5.73 Å². The number of nitrogens with two attached hydrogens (primary N) is 1. The maximum Gasteiger partial charge on any atom is 0.221 e. The zero-order valence-electron chi connectivity index (χ0n) is 5.18. The van der Waals surface area contributed by atoms with Crippen molar-refractivity contribution in [1.29, 1.82) is 0 Å². The number of nitrogens with one attached hydrogen (secondary N) is 1. The van der Waals surface area contributed by atoms with Crippen molar-refractivity contribution in [3.8, 4) is 0 Å². The molecule has 1 saturated heterocycles. The van der Waals surface area contributed by atoms with E-state index in [2.05, 4.69) is 5.32 Å². The SMILES string of the molecule is NC(=O)C1CCNC1.[Sn]. The summed E-state index contributed by atoms with van der Waals surface area (Å²) >= 11 is 0. The Balaban J connectivity index is 0.000000640. The summed E-state index contributed by atoms with van der Waals surface area (Å²) in [7, 11) is 0. The molecule has 0 aromatic rings. The van der Waals surface area contributed by atoms with E-state index in [1.165, 1.54) is 0 Å². The van der Waals surface area contributed by atoms with Crippen molar-refractivity contribution in [2.75, 3.05) is 13.1 Å². The van der Waals surface area contributed by atoms with Gasteiger partial charge in [0.05, 0.1) is 5.92 Å². The summed E-state index contributed by atoms with van der Waals surface area (Å²) in [5, 5.41) is 3.05. The van der Waals surface area contributed by atoms with Crippen LogP contribution in [0.1, 0.15) is 6.42 Å². The minimum absolute atomic E-state index is 0. The number of hydrogen-bond acceptors (Lipinski definition) is 2. The van der Waals surface area contributed by atoms with Crippen LogP contribution in [0, 0.1) is 5.92 Å². The molecule has 1 fully saturated rings. The molecule has 0 aromatic heterocycles. The second-order valence-corrected chi connectivity index (χ2v) is 2.09. The minimum Gasteiger partial charge on any atom is -0.369 e. The van der Waals surface area contributed by atoms with Crippen molar-refractivity contribution < 1.29 is 4.79 Å². The molecular weight excluding hydrogens is 223 g/mol. The zero-order chi connectivity index (χ0) is 5.98. The molecule has 0 aliphatic carbocycles. The van der Waals surface area contributed by atoms with Crippen molar-refractivity contribution in [3.63, 3.8) is 0 Å². The first-order valence-electron chi connectivity index (χ1n) is 2.81. The van der Waals surface area contributed by atoms with E-state index in [-0.39, 0.29) is 35.7 Å². The summed E-state index contributed by atoms with van der Waals surface area (Å²) in [5.74, 6) is -0.0787. The molecule has 0 bridgehead atoms. The molecule has 1 rings (SSSR count). The molecule has 0 aromatic carbocycles. The third-order valence-electron chi connectivity index (χ3n) is 1.46. The molecule has 3 nitrogen and oxygen atoms in total. The van der Waals surface area contributed by atoms with Crippen molar-refractivity contribution in [3.05, 3.63) is 0 Å². The first-order valence-corrected chi connectivity index (χ1v) is 2.81. The molecule has 3 N–H and O–H groups in total. The smallest absolute Gasteiger partial charge is 0.221 e. The summed E-state index contributed by atoms with van der Waals surface area (Å²) in [5.41, 5.74) is 5.02. The Bertz CT molecular complexity index is 101. The maximum atomic E-state index is 10.4. The van der Waals surface area contributed by atoms with Crippen LogP contribution in [-0.4, -0.2) is 42.9 Å². The van der Waals surface area contributed by atoms with Crippen molar-refractivity contribution in [2.45, 2.75) is 6.42 Å². The Morgan fingerprint density at radius 3 is 2.56 bits per heavy atom. The summed E-state index contributed by atoms with van der Waals surface area (Å²) in [6.45, 7) is 1.71. The van der Waals surface area contributed by atoms with Gasteiger partial charge >= 0.3 is 0 Å². The van der Waals surface area contributed by atoms with Gasteiger partial charge in [0.1, 0.15) is 0 Å². The Hall–Kier alpha value is 0.229. The monoisotopic (exact) mass is 234 g/mol. The number of primary amides is 1. The fraction of sp³-hybridized carbons (Fsp3) is 0.800. The van der Waals surface area contributed by atoms with Gasteiger partial charge in [-0.3, -0.25) is 4.79 Å². The Kier molecular flexibility index (Phi) is 4.21. The molecule has 0 spiro atoms. The number of carbonyl (C=O) groups is 1. The number of rotatable bonds is 1. The molecule has 1 heterocycles. The quantitative estimate of drug-likeness (QED) is 0.553. The van der Waals surface area contributed by atoms with Gasteiger partial charge < -0.3 is 11.1 Å². The zero-order valence-corrected chi connectivity index (χ0v) is 8.04. The average Bonchev–Trinajstić information content (AvgIpc) is 2.12. The third kappa shape index (κ3) is 2.53. The number of amides is 1. The first kappa shape index (κ1) is 9.23. The van der Waals surface area contributed by atoms with Crippen molar-refractivity contribution in [1.82, 2.24) is 5.32 Å². The number of carbonyl (C=O) groups excluding carboxylic acids is 1. The Labute approximate surface area is 71.3 Å². The molecule has 0 saturated carbocycles. The fourth-order valence-electron chi connectivity index (χ4n) is 0.897. The van der Waals surface area contributed by atoms with Crippen molar-refractivity contribution in [2.24, 2.45) is 11.7 Å². The van der Waals surface area contributed by atoms with Crippen LogP contribution in [0.15, 0.2) is 0 Å². The topological polar surface area (TPSA) is 55.1 Å². The Morgan fingerprint density at radius 1 is 1.67 bits per heavy atom. The van der Waals surface area contributed by atoms with E-state index in [0.717, 1.165) is 19.5 Å². The van der Waals surface area contributed by atoms with Crippen LogP contribution in [0.5, 0.6) is 0 Å². The van der Waals surface area contributed by atoms with Crippen LogP contribution in [0.3, 0.4) is 0 Å². The van der Waals surface area contributed by atoms with Gasteiger partial charge in [0.2, 0.25) is 5.91 Å². The van der Waals surface area contributed by atoms with Crippen molar-refractivity contribution >= 4 is 29.8 Å².